The topological polar surface area (TPSA) is 205 Å². The number of nitrogens with zero attached hydrogens (tertiary/aromatic N) is 1. The van der Waals surface area contributed by atoms with Crippen molar-refractivity contribution < 1.29 is 34.2 Å². The van der Waals surface area contributed by atoms with Crippen molar-refractivity contribution >= 4 is 29.6 Å². The molecular formula is C18H31N5O7. The molecule has 0 radical (unpaired) electrons. The molecular weight excluding hydrogens is 398 g/mol. The summed E-state index contributed by atoms with van der Waals surface area (Å²) in [6, 6.07) is -4.37. The third-order valence-electron chi connectivity index (χ3n) is 4.89. The Labute approximate surface area is 174 Å². The fourth-order valence-corrected chi connectivity index (χ4v) is 3.18. The number of nitrogens with two attached hydrogens (primary N) is 2. The summed E-state index contributed by atoms with van der Waals surface area (Å²) in [6.07, 6.45) is 0.534. The van der Waals surface area contributed by atoms with Crippen LogP contribution >= 0.6 is 0 Å². The predicted molar refractivity (Wildman–Crippen MR) is 105 cm³/mol. The number of hydrogen-bond acceptors (Lipinski definition) is 7. The van der Waals surface area contributed by atoms with Crippen molar-refractivity contribution in [2.75, 3.05) is 13.2 Å². The molecule has 1 rings (SSSR count). The Hall–Kier alpha value is -2.73. The van der Waals surface area contributed by atoms with E-state index in [1.165, 1.54) is 4.90 Å². The first-order valence-electron chi connectivity index (χ1n) is 9.78. The van der Waals surface area contributed by atoms with Crippen LogP contribution in [0.25, 0.3) is 0 Å². The lowest BCUT2D eigenvalue weighted by Crippen LogP contribution is -2.58. The number of carbonyl (C=O) groups is 5. The van der Waals surface area contributed by atoms with Gasteiger partial charge in [-0.3, -0.25) is 19.2 Å². The van der Waals surface area contributed by atoms with Gasteiger partial charge in [0.25, 0.3) is 0 Å². The molecule has 0 bridgehead atoms. The number of rotatable bonds is 11. The normalized spacial score (nSPS) is 19.1. The third-order valence-corrected chi connectivity index (χ3v) is 4.89. The van der Waals surface area contributed by atoms with Crippen LogP contribution in [0.4, 0.5) is 0 Å². The van der Waals surface area contributed by atoms with Crippen LogP contribution in [-0.4, -0.2) is 82.0 Å². The lowest BCUT2D eigenvalue weighted by molar-refractivity contribution is -0.143. The molecule has 4 amide bonds. The smallest absolute Gasteiger partial charge is 0.326 e. The fourth-order valence-electron chi connectivity index (χ4n) is 3.18. The minimum atomic E-state index is -1.34. The van der Waals surface area contributed by atoms with Crippen LogP contribution < -0.4 is 22.1 Å². The van der Waals surface area contributed by atoms with Crippen LogP contribution in [0.1, 0.15) is 39.5 Å². The molecule has 12 heteroatoms. The van der Waals surface area contributed by atoms with Crippen LogP contribution in [0.3, 0.4) is 0 Å². The lowest BCUT2D eigenvalue weighted by atomic mass is 10.0. The van der Waals surface area contributed by atoms with E-state index in [0.29, 0.717) is 19.4 Å². The van der Waals surface area contributed by atoms with E-state index < -0.39 is 60.4 Å². The number of primary amides is 1. The van der Waals surface area contributed by atoms with Gasteiger partial charge in [0, 0.05) is 13.0 Å². The van der Waals surface area contributed by atoms with E-state index in [2.05, 4.69) is 10.6 Å². The van der Waals surface area contributed by atoms with Crippen molar-refractivity contribution in [3.05, 3.63) is 0 Å². The lowest BCUT2D eigenvalue weighted by Gasteiger charge is -2.29. The third kappa shape index (κ3) is 6.95. The molecule has 0 aromatic rings. The van der Waals surface area contributed by atoms with E-state index in [0.717, 1.165) is 0 Å². The highest BCUT2D eigenvalue weighted by atomic mass is 16.4. The SMILES string of the molecule is CC(C)[C@H](NC(=O)[C@@H]1CCCN1C(=O)[C@@H](N)CO)C(=O)N[C@@H](CCC(N)=O)C(=O)O. The molecule has 4 atom stereocenters. The number of aliphatic hydroxyl groups is 1. The minimum absolute atomic E-state index is 0.181. The van der Waals surface area contributed by atoms with Gasteiger partial charge in [-0.15, -0.1) is 0 Å². The van der Waals surface area contributed by atoms with Crippen molar-refractivity contribution in [2.24, 2.45) is 17.4 Å². The van der Waals surface area contributed by atoms with Gasteiger partial charge in [0.1, 0.15) is 24.2 Å². The number of amides is 4. The zero-order chi connectivity index (χ0) is 23.0. The molecule has 0 saturated carbocycles. The Kier molecular flexibility index (Phi) is 9.66. The van der Waals surface area contributed by atoms with E-state index in [9.17, 15) is 29.1 Å². The summed E-state index contributed by atoms with van der Waals surface area (Å²) in [4.78, 5) is 61.2. The van der Waals surface area contributed by atoms with Gasteiger partial charge < -0.3 is 37.2 Å². The molecule has 0 aliphatic carbocycles. The summed E-state index contributed by atoms with van der Waals surface area (Å²) >= 11 is 0. The minimum Gasteiger partial charge on any atom is -0.480 e. The number of aliphatic hydroxyl groups excluding tert-OH is 1. The second-order valence-electron chi connectivity index (χ2n) is 7.61. The average molecular weight is 429 g/mol. The van der Waals surface area contributed by atoms with Gasteiger partial charge in [0.05, 0.1) is 6.61 Å². The van der Waals surface area contributed by atoms with Crippen LogP contribution in [-0.2, 0) is 24.0 Å². The van der Waals surface area contributed by atoms with E-state index in [1.807, 2.05) is 0 Å². The Morgan fingerprint density at radius 1 is 1.17 bits per heavy atom. The van der Waals surface area contributed by atoms with Gasteiger partial charge in [0.15, 0.2) is 0 Å². The molecule has 1 fully saturated rings. The molecule has 0 aromatic heterocycles. The summed E-state index contributed by atoms with van der Waals surface area (Å²) < 4.78 is 0. The van der Waals surface area contributed by atoms with Gasteiger partial charge in [-0.25, -0.2) is 4.79 Å². The van der Waals surface area contributed by atoms with Gasteiger partial charge >= 0.3 is 5.97 Å². The zero-order valence-electron chi connectivity index (χ0n) is 17.2. The standard InChI is InChI=1S/C18H31N5O7/c1-9(2)14(16(27)21-11(18(29)30)5-6-13(20)25)22-15(26)12-4-3-7-23(12)17(28)10(19)8-24/h9-12,14,24H,3-8,19H2,1-2H3,(H2,20,25)(H,21,27)(H,22,26)(H,29,30)/t10-,11-,12-,14-/m0/s1. The van der Waals surface area contributed by atoms with Gasteiger partial charge in [-0.05, 0) is 25.2 Å². The quantitative estimate of drug-likeness (QED) is 0.203. The molecule has 1 heterocycles. The maximum Gasteiger partial charge on any atom is 0.326 e. The number of carboxylic acid groups (broad SMARTS) is 1. The van der Waals surface area contributed by atoms with Gasteiger partial charge in [-0.2, -0.15) is 0 Å². The summed E-state index contributed by atoms with van der Waals surface area (Å²) in [7, 11) is 0. The second kappa shape index (κ2) is 11.5. The van der Waals surface area contributed by atoms with Crippen molar-refractivity contribution in [2.45, 2.75) is 63.7 Å². The van der Waals surface area contributed by atoms with Gasteiger partial charge in [0.2, 0.25) is 23.6 Å². The second-order valence-corrected chi connectivity index (χ2v) is 7.61. The molecule has 0 aromatic carbocycles. The first-order valence-corrected chi connectivity index (χ1v) is 9.78. The van der Waals surface area contributed by atoms with E-state index in [-0.39, 0.29) is 18.8 Å². The maximum absolute atomic E-state index is 12.8. The Balaban J connectivity index is 2.85. The van der Waals surface area contributed by atoms with Crippen molar-refractivity contribution in [3.8, 4) is 0 Å². The molecule has 1 aliphatic heterocycles. The molecule has 30 heavy (non-hydrogen) atoms. The average Bonchev–Trinajstić information content (AvgIpc) is 3.16. The molecule has 12 nitrogen and oxygen atoms in total. The van der Waals surface area contributed by atoms with Gasteiger partial charge in [-0.1, -0.05) is 13.8 Å². The highest BCUT2D eigenvalue weighted by Crippen LogP contribution is 2.19. The van der Waals surface area contributed by atoms with Crippen molar-refractivity contribution in [1.82, 2.24) is 15.5 Å². The Bertz CT molecular complexity index is 669. The monoisotopic (exact) mass is 429 g/mol. The van der Waals surface area contributed by atoms with Crippen LogP contribution in [0, 0.1) is 5.92 Å². The van der Waals surface area contributed by atoms with E-state index >= 15 is 0 Å². The summed E-state index contributed by atoms with van der Waals surface area (Å²) in [5, 5.41) is 23.2. The predicted octanol–water partition coefficient (Wildman–Crippen LogP) is -2.73. The molecule has 170 valence electrons. The number of likely N-dealkylation sites (tertiary alicyclic amines) is 1. The molecule has 0 unspecified atom stereocenters. The first kappa shape index (κ1) is 25.3. The van der Waals surface area contributed by atoms with Crippen LogP contribution in [0.15, 0.2) is 0 Å². The maximum atomic E-state index is 12.8. The molecule has 8 N–H and O–H groups in total. The van der Waals surface area contributed by atoms with E-state index in [4.69, 9.17) is 16.6 Å². The molecule has 1 aliphatic rings. The Morgan fingerprint density at radius 3 is 2.30 bits per heavy atom. The summed E-state index contributed by atoms with van der Waals surface area (Å²) in [5.74, 6) is -4.26. The van der Waals surface area contributed by atoms with Crippen molar-refractivity contribution in [3.63, 3.8) is 0 Å². The Morgan fingerprint density at radius 2 is 1.80 bits per heavy atom. The van der Waals surface area contributed by atoms with Crippen LogP contribution in [0.5, 0.6) is 0 Å². The first-order chi connectivity index (χ1) is 14.0. The fraction of sp³-hybridized carbons (Fsp3) is 0.722. The highest BCUT2D eigenvalue weighted by molar-refractivity contribution is 5.94. The summed E-state index contributed by atoms with van der Waals surface area (Å²) in [5.41, 5.74) is 10.6. The number of carboxylic acids is 1. The molecule has 0 spiro atoms. The summed E-state index contributed by atoms with van der Waals surface area (Å²) in [6.45, 7) is 3.09. The van der Waals surface area contributed by atoms with E-state index in [1.54, 1.807) is 13.8 Å². The number of carbonyl (C=O) groups excluding carboxylic acids is 4. The number of aliphatic carboxylic acids is 1. The van der Waals surface area contributed by atoms with Crippen molar-refractivity contribution in [1.29, 1.82) is 0 Å². The molecule has 1 saturated heterocycles. The number of hydrogen-bond donors (Lipinski definition) is 6. The highest BCUT2D eigenvalue weighted by Gasteiger charge is 2.38. The van der Waals surface area contributed by atoms with Crippen LogP contribution in [0.2, 0.25) is 0 Å². The largest absolute Gasteiger partial charge is 0.480 e. The zero-order valence-corrected chi connectivity index (χ0v) is 17.2. The number of nitrogens with one attached hydrogen (secondary N) is 2.